The van der Waals surface area contributed by atoms with Crippen LogP contribution in [0.15, 0.2) is 24.3 Å². The largest absolute Gasteiger partial charge is 0.392 e. The van der Waals surface area contributed by atoms with Gasteiger partial charge in [-0.3, -0.25) is 0 Å². The Hall–Kier alpha value is -1.04. The van der Waals surface area contributed by atoms with Crippen LogP contribution in [0.5, 0.6) is 0 Å². The van der Waals surface area contributed by atoms with Crippen molar-refractivity contribution in [2.24, 2.45) is 0 Å². The maximum absolute atomic E-state index is 8.26. The van der Waals surface area contributed by atoms with E-state index in [1.54, 1.807) is 24.3 Å². The van der Waals surface area contributed by atoms with Crippen LogP contribution in [0.25, 0.3) is 0 Å². The van der Waals surface area contributed by atoms with Gasteiger partial charge in [0.25, 0.3) is 0 Å². The van der Waals surface area contributed by atoms with Gasteiger partial charge in [0, 0.05) is 0 Å². The molecule has 54 valence electrons. The molecule has 0 aromatic rings. The Bertz CT molecular complexity index is 151. The van der Waals surface area contributed by atoms with E-state index in [1.165, 1.54) is 0 Å². The second kappa shape index (κ2) is 7.96. The lowest BCUT2D eigenvalue weighted by Gasteiger charge is -1.71. The van der Waals surface area contributed by atoms with Gasteiger partial charge in [0.15, 0.2) is 0 Å². The van der Waals surface area contributed by atoms with Crippen LogP contribution in [0, 0.1) is 11.8 Å². The Balaban J connectivity index is 3.49. The number of allylic oxidation sites excluding steroid dienone is 2. The summed E-state index contributed by atoms with van der Waals surface area (Å²) in [6.07, 6.45) is 6.20. The Morgan fingerprint density at radius 3 is 1.60 bits per heavy atom. The summed E-state index contributed by atoms with van der Waals surface area (Å²) >= 11 is 0. The molecule has 0 saturated heterocycles. The Kier molecular flexibility index (Phi) is 7.13. The molecule has 0 fully saturated rings. The smallest absolute Gasteiger partial charge is 0.0621 e. The molecule has 2 heteroatoms. The van der Waals surface area contributed by atoms with Gasteiger partial charge in [0.1, 0.15) is 0 Å². The zero-order valence-corrected chi connectivity index (χ0v) is 5.62. The van der Waals surface area contributed by atoms with Crippen LogP contribution in [-0.2, 0) is 0 Å². The third-order valence-corrected chi connectivity index (χ3v) is 0.697. The molecule has 10 heavy (non-hydrogen) atoms. The summed E-state index contributed by atoms with van der Waals surface area (Å²) in [6.45, 7) is 0.0246. The number of aliphatic hydroxyl groups is 2. The summed E-state index contributed by atoms with van der Waals surface area (Å²) in [5.41, 5.74) is 0. The molecule has 0 atom stereocenters. The molecule has 0 aliphatic heterocycles. The van der Waals surface area contributed by atoms with Crippen molar-refractivity contribution in [3.05, 3.63) is 24.3 Å². The van der Waals surface area contributed by atoms with Gasteiger partial charge >= 0.3 is 0 Å². The van der Waals surface area contributed by atoms with E-state index in [9.17, 15) is 0 Å². The molecule has 0 aromatic carbocycles. The molecule has 2 nitrogen and oxygen atoms in total. The van der Waals surface area contributed by atoms with E-state index in [-0.39, 0.29) is 13.2 Å². The normalized spacial score (nSPS) is 10.2. The van der Waals surface area contributed by atoms with E-state index in [0.717, 1.165) is 0 Å². The van der Waals surface area contributed by atoms with Crippen LogP contribution in [0.3, 0.4) is 0 Å². The highest BCUT2D eigenvalue weighted by Gasteiger charge is 1.61. The van der Waals surface area contributed by atoms with Crippen molar-refractivity contribution in [2.75, 3.05) is 13.2 Å². The Labute approximate surface area is 60.5 Å². The summed E-state index contributed by atoms with van der Waals surface area (Å²) < 4.78 is 0. The second-order valence-electron chi connectivity index (χ2n) is 1.46. The van der Waals surface area contributed by atoms with Gasteiger partial charge in [0.2, 0.25) is 0 Å². The third kappa shape index (κ3) is 6.96. The molecule has 0 saturated carbocycles. The fourth-order valence-electron chi connectivity index (χ4n) is 0.319. The number of hydrogen-bond donors (Lipinski definition) is 2. The van der Waals surface area contributed by atoms with Gasteiger partial charge in [0.05, 0.1) is 13.2 Å². The molecule has 0 aliphatic carbocycles. The summed E-state index contributed by atoms with van der Waals surface area (Å²) in [6, 6.07) is 0. The summed E-state index contributed by atoms with van der Waals surface area (Å²) in [7, 11) is 0. The molecular formula is C8H10O2. The molecule has 0 amide bonds. The van der Waals surface area contributed by atoms with Crippen molar-refractivity contribution >= 4 is 0 Å². The topological polar surface area (TPSA) is 40.5 Å². The van der Waals surface area contributed by atoms with Crippen molar-refractivity contribution < 1.29 is 10.2 Å². The average molecular weight is 138 g/mol. The maximum atomic E-state index is 8.26. The molecule has 0 spiro atoms. The van der Waals surface area contributed by atoms with Crippen LogP contribution >= 0.6 is 0 Å². The number of aliphatic hydroxyl groups excluding tert-OH is 2. The number of hydrogen-bond acceptors (Lipinski definition) is 2. The van der Waals surface area contributed by atoms with E-state index in [4.69, 9.17) is 10.2 Å². The molecule has 0 bridgehead atoms. The van der Waals surface area contributed by atoms with Crippen molar-refractivity contribution in [2.45, 2.75) is 0 Å². The molecule has 0 aromatic heterocycles. The second-order valence-corrected chi connectivity index (χ2v) is 1.46. The average Bonchev–Trinajstić information content (AvgIpc) is 1.97. The van der Waals surface area contributed by atoms with E-state index < -0.39 is 0 Å². The van der Waals surface area contributed by atoms with Crippen molar-refractivity contribution in [1.29, 1.82) is 0 Å². The number of rotatable bonds is 2. The third-order valence-electron chi connectivity index (χ3n) is 0.697. The first-order valence-corrected chi connectivity index (χ1v) is 2.94. The van der Waals surface area contributed by atoms with E-state index >= 15 is 0 Å². The standard InChI is InChI=1S/C8H10O2/c9-7-5-3-1-2-4-6-8-10/h3-6,9-10H,7-8H2/b5-3+,6-4+. The minimum absolute atomic E-state index is 0.0123. The van der Waals surface area contributed by atoms with Crippen LogP contribution in [0.1, 0.15) is 0 Å². The first-order chi connectivity index (χ1) is 4.91. The minimum Gasteiger partial charge on any atom is -0.392 e. The quantitative estimate of drug-likeness (QED) is 0.531. The van der Waals surface area contributed by atoms with Crippen LogP contribution in [-0.4, -0.2) is 23.4 Å². The predicted molar refractivity (Wildman–Crippen MR) is 40.2 cm³/mol. The highest BCUT2D eigenvalue weighted by atomic mass is 16.3. The minimum atomic E-state index is 0.0123. The predicted octanol–water partition coefficient (Wildman–Crippen LogP) is 0.0868. The summed E-state index contributed by atoms with van der Waals surface area (Å²) in [4.78, 5) is 0. The van der Waals surface area contributed by atoms with Crippen LogP contribution in [0.4, 0.5) is 0 Å². The fraction of sp³-hybridized carbons (Fsp3) is 0.250. The van der Waals surface area contributed by atoms with Crippen molar-refractivity contribution in [3.8, 4) is 11.8 Å². The molecular weight excluding hydrogens is 128 g/mol. The lowest BCUT2D eigenvalue weighted by Crippen LogP contribution is -1.68. The van der Waals surface area contributed by atoms with Crippen molar-refractivity contribution in [1.82, 2.24) is 0 Å². The molecule has 0 aliphatic rings. The highest BCUT2D eigenvalue weighted by molar-refractivity contribution is 5.23. The highest BCUT2D eigenvalue weighted by Crippen LogP contribution is 1.69. The van der Waals surface area contributed by atoms with Gasteiger partial charge in [-0.1, -0.05) is 24.0 Å². The molecule has 0 unspecified atom stereocenters. The molecule has 0 rings (SSSR count). The van der Waals surface area contributed by atoms with Gasteiger partial charge in [-0.25, -0.2) is 0 Å². The first-order valence-electron chi connectivity index (χ1n) is 2.94. The van der Waals surface area contributed by atoms with Gasteiger partial charge < -0.3 is 10.2 Å². The summed E-state index contributed by atoms with van der Waals surface area (Å²) in [5.74, 6) is 5.27. The van der Waals surface area contributed by atoms with Crippen LogP contribution in [0.2, 0.25) is 0 Å². The molecule has 2 N–H and O–H groups in total. The van der Waals surface area contributed by atoms with Gasteiger partial charge in [-0.2, -0.15) is 0 Å². The SMILES string of the molecule is OC/C=C/C#C/C=C/CO. The Morgan fingerprint density at radius 1 is 0.900 bits per heavy atom. The van der Waals surface area contributed by atoms with Crippen LogP contribution < -0.4 is 0 Å². The maximum Gasteiger partial charge on any atom is 0.0621 e. The Morgan fingerprint density at radius 2 is 1.30 bits per heavy atom. The van der Waals surface area contributed by atoms with E-state index in [1.807, 2.05) is 0 Å². The van der Waals surface area contributed by atoms with Gasteiger partial charge in [-0.15, -0.1) is 0 Å². The van der Waals surface area contributed by atoms with Crippen molar-refractivity contribution in [3.63, 3.8) is 0 Å². The lowest BCUT2D eigenvalue weighted by atomic mass is 10.4. The van der Waals surface area contributed by atoms with E-state index in [2.05, 4.69) is 11.8 Å². The summed E-state index contributed by atoms with van der Waals surface area (Å²) in [5, 5.41) is 16.5. The monoisotopic (exact) mass is 138 g/mol. The molecule has 0 radical (unpaired) electrons. The fourth-order valence-corrected chi connectivity index (χ4v) is 0.319. The lowest BCUT2D eigenvalue weighted by molar-refractivity contribution is 0.342. The molecule has 0 heterocycles. The zero-order chi connectivity index (χ0) is 7.66. The zero-order valence-electron chi connectivity index (χ0n) is 5.62. The van der Waals surface area contributed by atoms with E-state index in [0.29, 0.717) is 0 Å². The van der Waals surface area contributed by atoms with Gasteiger partial charge in [-0.05, 0) is 12.2 Å². The first kappa shape index (κ1) is 8.96.